The van der Waals surface area contributed by atoms with Gasteiger partial charge in [-0.05, 0) is 12.3 Å². The average Bonchev–Trinajstić information content (AvgIpc) is 1.80. The van der Waals surface area contributed by atoms with Gasteiger partial charge in [-0.25, -0.2) is 0 Å². The fourth-order valence-electron chi connectivity index (χ4n) is 0.647. The fraction of sp³-hybridized carbons (Fsp3) is 0.875. The summed E-state index contributed by atoms with van der Waals surface area (Å²) in [5, 5.41) is 0. The lowest BCUT2D eigenvalue weighted by molar-refractivity contribution is -0.115. The minimum Gasteiger partial charge on any atom is -0.170 e. The van der Waals surface area contributed by atoms with Crippen molar-refractivity contribution in [2.75, 3.05) is 0 Å². The molecule has 0 spiro atoms. The summed E-state index contributed by atoms with van der Waals surface area (Å²) in [6, 6.07) is 0. The molecule has 0 aliphatic carbocycles. The summed E-state index contributed by atoms with van der Waals surface area (Å²) >= 11 is 0. The second kappa shape index (κ2) is 3.98. The van der Waals surface area contributed by atoms with Crippen LogP contribution in [-0.4, -0.2) is 6.18 Å². The van der Waals surface area contributed by atoms with Gasteiger partial charge in [0.25, 0.3) is 0 Å². The van der Waals surface area contributed by atoms with E-state index < -0.39 is 6.18 Å². The Morgan fingerprint density at radius 1 is 1.27 bits per heavy atom. The van der Waals surface area contributed by atoms with Gasteiger partial charge in [-0.1, -0.05) is 27.2 Å². The molecule has 0 rings (SSSR count). The molecule has 0 aliphatic rings. The maximum atomic E-state index is 11.9. The maximum Gasteiger partial charge on any atom is 0.395 e. The Kier molecular flexibility index (Phi) is 3.90. The lowest BCUT2D eigenvalue weighted by atomic mass is 9.99. The predicted octanol–water partition coefficient (Wildman–Crippen LogP) is 3.58. The molecule has 0 aromatic carbocycles. The molecule has 0 fully saturated rings. The Hall–Kier alpha value is -0.210. The van der Waals surface area contributed by atoms with Gasteiger partial charge in [-0.15, -0.1) is 0 Å². The highest BCUT2D eigenvalue weighted by Crippen LogP contribution is 2.31. The SMILES string of the molecule is C[C](CCC(C)C)C(F)(F)F. The van der Waals surface area contributed by atoms with Crippen LogP contribution in [0.3, 0.4) is 0 Å². The van der Waals surface area contributed by atoms with Crippen molar-refractivity contribution < 1.29 is 13.2 Å². The van der Waals surface area contributed by atoms with Crippen molar-refractivity contribution in [3.05, 3.63) is 5.92 Å². The van der Waals surface area contributed by atoms with Gasteiger partial charge in [-0.2, -0.15) is 13.2 Å². The zero-order valence-electron chi connectivity index (χ0n) is 7.13. The highest BCUT2D eigenvalue weighted by Gasteiger charge is 2.35. The van der Waals surface area contributed by atoms with Crippen LogP contribution < -0.4 is 0 Å². The molecule has 0 aliphatic heterocycles. The van der Waals surface area contributed by atoms with Crippen molar-refractivity contribution in [3.63, 3.8) is 0 Å². The minimum atomic E-state index is -4.09. The molecular weight excluding hydrogens is 153 g/mol. The monoisotopic (exact) mass is 167 g/mol. The number of halogens is 3. The number of hydrogen-bond acceptors (Lipinski definition) is 0. The van der Waals surface area contributed by atoms with Crippen LogP contribution in [0.25, 0.3) is 0 Å². The van der Waals surface area contributed by atoms with E-state index in [1.54, 1.807) is 0 Å². The van der Waals surface area contributed by atoms with Crippen LogP contribution in [0, 0.1) is 11.8 Å². The maximum absolute atomic E-state index is 11.9. The van der Waals surface area contributed by atoms with E-state index in [0.717, 1.165) is 6.92 Å². The molecule has 0 amide bonds. The third-order valence-corrected chi connectivity index (χ3v) is 1.58. The van der Waals surface area contributed by atoms with Crippen LogP contribution in [-0.2, 0) is 0 Å². The topological polar surface area (TPSA) is 0 Å². The van der Waals surface area contributed by atoms with Crippen LogP contribution >= 0.6 is 0 Å². The summed E-state index contributed by atoms with van der Waals surface area (Å²) in [4.78, 5) is 0. The Bertz CT molecular complexity index is 104. The predicted molar refractivity (Wildman–Crippen MR) is 39.0 cm³/mol. The molecule has 11 heavy (non-hydrogen) atoms. The van der Waals surface area contributed by atoms with E-state index in [-0.39, 0.29) is 12.3 Å². The Morgan fingerprint density at radius 2 is 1.73 bits per heavy atom. The van der Waals surface area contributed by atoms with E-state index in [9.17, 15) is 13.2 Å². The Balaban J connectivity index is 3.61. The van der Waals surface area contributed by atoms with Crippen LogP contribution in [0.15, 0.2) is 0 Å². The molecule has 0 aromatic rings. The smallest absolute Gasteiger partial charge is 0.170 e. The van der Waals surface area contributed by atoms with Gasteiger partial charge >= 0.3 is 6.18 Å². The normalized spacial score (nSPS) is 13.1. The van der Waals surface area contributed by atoms with E-state index in [2.05, 4.69) is 0 Å². The van der Waals surface area contributed by atoms with E-state index in [0.29, 0.717) is 12.3 Å². The molecule has 0 heterocycles. The molecule has 0 atom stereocenters. The Labute approximate surface area is 65.8 Å². The molecule has 0 saturated heterocycles. The van der Waals surface area contributed by atoms with Gasteiger partial charge in [-0.3, -0.25) is 0 Å². The van der Waals surface area contributed by atoms with Crippen LogP contribution in [0.1, 0.15) is 33.6 Å². The summed E-state index contributed by atoms with van der Waals surface area (Å²) in [6.45, 7) is 5.00. The summed E-state index contributed by atoms with van der Waals surface area (Å²) in [5.74, 6) is -0.0292. The minimum absolute atomic E-state index is 0.168. The van der Waals surface area contributed by atoms with Crippen molar-refractivity contribution in [2.45, 2.75) is 39.8 Å². The third-order valence-electron chi connectivity index (χ3n) is 1.58. The third kappa shape index (κ3) is 5.10. The Morgan fingerprint density at radius 3 is 2.00 bits per heavy atom. The molecule has 3 heteroatoms. The summed E-state index contributed by atoms with van der Waals surface area (Å²) < 4.78 is 35.6. The molecule has 0 bridgehead atoms. The van der Waals surface area contributed by atoms with E-state index >= 15 is 0 Å². The van der Waals surface area contributed by atoms with Crippen molar-refractivity contribution in [2.24, 2.45) is 5.92 Å². The molecule has 0 N–H and O–H groups in total. The standard InChI is InChI=1S/C8H14F3/c1-6(2)4-5-7(3)8(9,10)11/h6H,4-5H2,1-3H3. The first-order chi connectivity index (χ1) is 4.84. The highest BCUT2D eigenvalue weighted by molar-refractivity contribution is 4.92. The zero-order chi connectivity index (χ0) is 9.07. The van der Waals surface area contributed by atoms with Crippen molar-refractivity contribution in [1.29, 1.82) is 0 Å². The quantitative estimate of drug-likeness (QED) is 0.602. The van der Waals surface area contributed by atoms with Gasteiger partial charge in [0.05, 0.1) is 5.92 Å². The molecule has 0 nitrogen and oxygen atoms in total. The van der Waals surface area contributed by atoms with Crippen LogP contribution in [0.2, 0.25) is 0 Å². The lowest BCUT2D eigenvalue weighted by Gasteiger charge is -2.15. The first-order valence-corrected chi connectivity index (χ1v) is 3.73. The lowest BCUT2D eigenvalue weighted by Crippen LogP contribution is -2.17. The molecular formula is C8H14F3. The van der Waals surface area contributed by atoms with Gasteiger partial charge in [0, 0.05) is 0 Å². The number of alkyl halides is 3. The van der Waals surface area contributed by atoms with Crippen molar-refractivity contribution in [3.8, 4) is 0 Å². The molecule has 0 aromatic heterocycles. The van der Waals surface area contributed by atoms with Gasteiger partial charge in [0.1, 0.15) is 0 Å². The summed E-state index contributed by atoms with van der Waals surface area (Å²) in [7, 11) is 0. The molecule has 1 radical (unpaired) electrons. The highest BCUT2D eigenvalue weighted by atomic mass is 19.4. The van der Waals surface area contributed by atoms with Crippen LogP contribution in [0.5, 0.6) is 0 Å². The summed E-state index contributed by atoms with van der Waals surface area (Å²) in [6.07, 6.45) is -3.30. The van der Waals surface area contributed by atoms with Gasteiger partial charge in [0.15, 0.2) is 0 Å². The van der Waals surface area contributed by atoms with E-state index in [1.807, 2.05) is 13.8 Å². The average molecular weight is 167 g/mol. The largest absolute Gasteiger partial charge is 0.395 e. The van der Waals surface area contributed by atoms with Crippen LogP contribution in [0.4, 0.5) is 13.2 Å². The van der Waals surface area contributed by atoms with Gasteiger partial charge in [0.2, 0.25) is 0 Å². The summed E-state index contributed by atoms with van der Waals surface area (Å²) in [5.41, 5.74) is 0. The molecule has 67 valence electrons. The number of hydrogen-bond donors (Lipinski definition) is 0. The number of rotatable bonds is 3. The van der Waals surface area contributed by atoms with E-state index in [1.165, 1.54) is 0 Å². The fourth-order valence-corrected chi connectivity index (χ4v) is 0.647. The zero-order valence-corrected chi connectivity index (χ0v) is 7.13. The second-order valence-electron chi connectivity index (χ2n) is 3.21. The first-order valence-electron chi connectivity index (χ1n) is 3.73. The molecule has 0 unspecified atom stereocenters. The van der Waals surface area contributed by atoms with Crippen molar-refractivity contribution in [1.82, 2.24) is 0 Å². The second-order valence-corrected chi connectivity index (χ2v) is 3.21. The van der Waals surface area contributed by atoms with Gasteiger partial charge < -0.3 is 0 Å². The van der Waals surface area contributed by atoms with Crippen molar-refractivity contribution >= 4 is 0 Å². The first kappa shape index (κ1) is 10.8. The van der Waals surface area contributed by atoms with E-state index in [4.69, 9.17) is 0 Å². The molecule has 0 saturated carbocycles.